The van der Waals surface area contributed by atoms with Crippen LogP contribution in [0.5, 0.6) is 0 Å². The summed E-state index contributed by atoms with van der Waals surface area (Å²) in [6.45, 7) is 0.276. The maximum absolute atomic E-state index is 13.3. The van der Waals surface area contributed by atoms with Crippen LogP contribution in [0.2, 0.25) is 5.02 Å². The third kappa shape index (κ3) is 3.10. The molecule has 0 fully saturated rings. The minimum absolute atomic E-state index is 0.239. The third-order valence-electron chi connectivity index (χ3n) is 4.62. The molecule has 0 saturated heterocycles. The van der Waals surface area contributed by atoms with Gasteiger partial charge in [0.1, 0.15) is 0 Å². The Morgan fingerprint density at radius 1 is 1.11 bits per heavy atom. The van der Waals surface area contributed by atoms with E-state index in [-0.39, 0.29) is 12.1 Å². The van der Waals surface area contributed by atoms with E-state index in [2.05, 4.69) is 6.07 Å². The Morgan fingerprint density at radius 2 is 1.86 bits per heavy atom. The summed E-state index contributed by atoms with van der Waals surface area (Å²) in [5, 5.41) is 1.43. The molecule has 1 heterocycles. The lowest BCUT2D eigenvalue weighted by Gasteiger charge is -2.10. The van der Waals surface area contributed by atoms with Gasteiger partial charge in [0.05, 0.1) is 16.6 Å². The monoisotopic (exact) mass is 401 g/mol. The van der Waals surface area contributed by atoms with E-state index in [9.17, 15) is 18.0 Å². The molecular formula is C21H13ClF3N2O. The molecule has 0 bridgehead atoms. The summed E-state index contributed by atoms with van der Waals surface area (Å²) in [4.78, 5) is 11.9. The topological polar surface area (TPSA) is 48.0 Å². The van der Waals surface area contributed by atoms with Gasteiger partial charge in [0.2, 0.25) is 5.91 Å². The molecule has 0 aliphatic carbocycles. The van der Waals surface area contributed by atoms with Gasteiger partial charge in [0, 0.05) is 27.9 Å². The van der Waals surface area contributed by atoms with E-state index in [0.29, 0.717) is 26.8 Å². The molecule has 0 aliphatic heterocycles. The van der Waals surface area contributed by atoms with E-state index in [1.807, 2.05) is 6.07 Å². The van der Waals surface area contributed by atoms with Gasteiger partial charge in [0.15, 0.2) is 0 Å². The minimum atomic E-state index is -4.51. The molecule has 1 radical (unpaired) electrons. The van der Waals surface area contributed by atoms with Gasteiger partial charge in [-0.2, -0.15) is 13.2 Å². The Hall–Kier alpha value is -2.99. The van der Waals surface area contributed by atoms with Gasteiger partial charge in [-0.05, 0) is 48.0 Å². The molecule has 1 amide bonds. The maximum atomic E-state index is 13.3. The summed E-state index contributed by atoms with van der Waals surface area (Å²) in [5.41, 5.74) is 6.65. The van der Waals surface area contributed by atoms with Gasteiger partial charge in [-0.1, -0.05) is 29.8 Å². The van der Waals surface area contributed by atoms with Gasteiger partial charge in [-0.3, -0.25) is 4.79 Å². The Labute approximate surface area is 163 Å². The molecule has 0 spiro atoms. The summed E-state index contributed by atoms with van der Waals surface area (Å²) < 4.78 is 41.5. The van der Waals surface area contributed by atoms with E-state index in [4.69, 9.17) is 17.3 Å². The average molecular weight is 402 g/mol. The van der Waals surface area contributed by atoms with Crippen molar-refractivity contribution >= 4 is 39.3 Å². The number of alkyl halides is 3. The van der Waals surface area contributed by atoms with E-state index in [0.717, 1.165) is 17.7 Å². The molecule has 3 aromatic carbocycles. The normalized spacial score (nSPS) is 12.0. The zero-order valence-electron chi connectivity index (χ0n) is 14.3. The summed E-state index contributed by atoms with van der Waals surface area (Å²) >= 11 is 6.05. The highest BCUT2D eigenvalue weighted by Gasteiger charge is 2.31. The fraction of sp³-hybridized carbons (Fsp3) is 0.0952. The van der Waals surface area contributed by atoms with Crippen molar-refractivity contribution in [2.45, 2.75) is 12.7 Å². The first-order chi connectivity index (χ1) is 13.3. The number of hydrogen-bond donors (Lipinski definition) is 1. The smallest absolute Gasteiger partial charge is 0.366 e. The van der Waals surface area contributed by atoms with E-state index >= 15 is 0 Å². The lowest BCUT2D eigenvalue weighted by molar-refractivity contribution is -0.137. The van der Waals surface area contributed by atoms with Crippen molar-refractivity contribution in [1.82, 2.24) is 4.57 Å². The average Bonchev–Trinajstić information content (AvgIpc) is 2.94. The van der Waals surface area contributed by atoms with Crippen LogP contribution >= 0.6 is 11.6 Å². The highest BCUT2D eigenvalue weighted by atomic mass is 35.5. The van der Waals surface area contributed by atoms with Gasteiger partial charge in [-0.15, -0.1) is 0 Å². The number of nitrogens with two attached hydrogens (primary N) is 1. The number of amides is 1. The predicted molar refractivity (Wildman–Crippen MR) is 102 cm³/mol. The number of halogens is 4. The number of hydrogen-bond acceptors (Lipinski definition) is 1. The fourth-order valence-electron chi connectivity index (χ4n) is 3.41. The van der Waals surface area contributed by atoms with Gasteiger partial charge < -0.3 is 10.3 Å². The Morgan fingerprint density at radius 3 is 2.54 bits per heavy atom. The second-order valence-electron chi connectivity index (χ2n) is 6.43. The lowest BCUT2D eigenvalue weighted by Crippen LogP contribution is -2.11. The number of rotatable bonds is 3. The Balaban J connectivity index is 2.06. The van der Waals surface area contributed by atoms with Gasteiger partial charge in [-0.25, -0.2) is 0 Å². The Bertz CT molecular complexity index is 1230. The van der Waals surface area contributed by atoms with Crippen molar-refractivity contribution < 1.29 is 18.0 Å². The van der Waals surface area contributed by atoms with Crippen molar-refractivity contribution in [1.29, 1.82) is 0 Å². The largest absolute Gasteiger partial charge is 0.416 e. The number of nitrogens with zero attached hydrogens (tertiary/aromatic N) is 1. The molecule has 7 heteroatoms. The quantitative estimate of drug-likeness (QED) is 0.490. The first-order valence-corrected chi connectivity index (χ1v) is 8.71. The summed E-state index contributed by atoms with van der Waals surface area (Å²) in [7, 11) is 0. The van der Waals surface area contributed by atoms with Gasteiger partial charge in [0.25, 0.3) is 0 Å². The summed E-state index contributed by atoms with van der Waals surface area (Å²) in [5.74, 6) is -0.652. The molecule has 3 nitrogen and oxygen atoms in total. The molecule has 0 unspecified atom stereocenters. The SMILES string of the molecule is NC(=O)c1cccc2c1c1[c]cc(C(F)(F)F)cc1n2Cc1cccc(Cl)c1. The second kappa shape index (κ2) is 6.56. The van der Waals surface area contributed by atoms with Crippen molar-refractivity contribution in [2.24, 2.45) is 5.73 Å². The number of aromatic nitrogens is 1. The van der Waals surface area contributed by atoms with Crippen LogP contribution in [-0.2, 0) is 12.7 Å². The van der Waals surface area contributed by atoms with E-state index in [1.54, 1.807) is 41.0 Å². The van der Waals surface area contributed by atoms with Crippen LogP contribution in [0.1, 0.15) is 21.5 Å². The van der Waals surface area contributed by atoms with Crippen molar-refractivity contribution in [3.8, 4) is 0 Å². The number of fused-ring (bicyclic) bond motifs is 3. The summed E-state index contributed by atoms with van der Waals surface area (Å²) in [6.07, 6.45) is -4.51. The third-order valence-corrected chi connectivity index (χ3v) is 4.85. The first-order valence-electron chi connectivity index (χ1n) is 8.34. The molecule has 0 saturated carbocycles. The van der Waals surface area contributed by atoms with Crippen LogP contribution in [0.4, 0.5) is 13.2 Å². The van der Waals surface area contributed by atoms with Crippen molar-refractivity contribution in [2.75, 3.05) is 0 Å². The predicted octanol–water partition coefficient (Wildman–Crippen LogP) is 5.41. The zero-order valence-corrected chi connectivity index (χ0v) is 15.1. The molecular weight excluding hydrogens is 389 g/mol. The van der Waals surface area contributed by atoms with Crippen LogP contribution in [0.15, 0.2) is 54.6 Å². The standard InChI is InChI=1S/C21H13ClF3N2O/c22-14-4-1-3-12(9-14)11-27-17-6-2-5-16(20(26)28)19(17)15-8-7-13(10-18(15)27)21(23,24)25/h1-7,9-10H,11H2,(H2,26,28). The number of benzene rings is 3. The summed E-state index contributed by atoms with van der Waals surface area (Å²) in [6, 6.07) is 16.7. The molecule has 4 rings (SSSR count). The van der Waals surface area contributed by atoms with E-state index < -0.39 is 17.6 Å². The van der Waals surface area contributed by atoms with E-state index in [1.165, 1.54) is 0 Å². The number of carbonyl (C=O) groups excluding carboxylic acids is 1. The number of primary amides is 1. The molecule has 0 aliphatic rings. The lowest BCUT2D eigenvalue weighted by atomic mass is 10.0. The van der Waals surface area contributed by atoms with Crippen LogP contribution in [0.25, 0.3) is 21.8 Å². The molecule has 141 valence electrons. The first kappa shape index (κ1) is 18.4. The fourth-order valence-corrected chi connectivity index (χ4v) is 3.63. The molecule has 4 aromatic rings. The van der Waals surface area contributed by atoms with Crippen LogP contribution in [0.3, 0.4) is 0 Å². The minimum Gasteiger partial charge on any atom is -0.366 e. The molecule has 28 heavy (non-hydrogen) atoms. The van der Waals surface area contributed by atoms with Crippen LogP contribution < -0.4 is 5.73 Å². The highest BCUT2D eigenvalue weighted by Crippen LogP contribution is 2.36. The van der Waals surface area contributed by atoms with Crippen molar-refractivity contribution in [3.63, 3.8) is 0 Å². The Kier molecular flexibility index (Phi) is 4.31. The highest BCUT2D eigenvalue weighted by molar-refractivity contribution is 6.30. The molecule has 0 atom stereocenters. The van der Waals surface area contributed by atoms with Crippen molar-refractivity contribution in [3.05, 3.63) is 82.4 Å². The number of carbonyl (C=O) groups is 1. The van der Waals surface area contributed by atoms with Gasteiger partial charge >= 0.3 is 6.18 Å². The molecule has 2 N–H and O–H groups in total. The zero-order chi connectivity index (χ0) is 20.1. The van der Waals surface area contributed by atoms with Crippen LogP contribution in [0, 0.1) is 6.07 Å². The van der Waals surface area contributed by atoms with Crippen LogP contribution in [-0.4, -0.2) is 10.5 Å². The maximum Gasteiger partial charge on any atom is 0.416 e. The second-order valence-corrected chi connectivity index (χ2v) is 6.86. The molecule has 1 aromatic heterocycles.